The largest absolute Gasteiger partial charge is 0.349 e. The quantitative estimate of drug-likeness (QED) is 0.922. The molecule has 1 saturated carbocycles. The Kier molecular flexibility index (Phi) is 4.73. The lowest BCUT2D eigenvalue weighted by Crippen LogP contribution is -2.47. The summed E-state index contributed by atoms with van der Waals surface area (Å²) in [5.74, 6) is 0.211. The maximum atomic E-state index is 13.0. The Balaban J connectivity index is 1.46. The molecular formula is C18H24FN3O2. The van der Waals surface area contributed by atoms with E-state index in [1.165, 1.54) is 12.1 Å². The topological polar surface area (TPSA) is 52.7 Å². The van der Waals surface area contributed by atoms with E-state index in [9.17, 15) is 14.0 Å². The smallest absolute Gasteiger partial charge is 0.317 e. The molecule has 130 valence electrons. The number of carbonyl (C=O) groups is 2. The van der Waals surface area contributed by atoms with Crippen LogP contribution in [0.4, 0.5) is 9.18 Å². The Labute approximate surface area is 141 Å². The zero-order valence-corrected chi connectivity index (χ0v) is 14.2. The Morgan fingerprint density at radius 1 is 1.17 bits per heavy atom. The first-order valence-electron chi connectivity index (χ1n) is 8.48. The van der Waals surface area contributed by atoms with E-state index in [2.05, 4.69) is 5.32 Å². The van der Waals surface area contributed by atoms with Crippen LogP contribution in [0.1, 0.15) is 30.7 Å². The Morgan fingerprint density at radius 3 is 2.38 bits per heavy atom. The fraction of sp³-hybridized carbons (Fsp3) is 0.556. The Bertz CT molecular complexity index is 609. The average Bonchev–Trinajstić information content (AvgIpc) is 3.34. The molecular weight excluding hydrogens is 309 g/mol. The monoisotopic (exact) mass is 333 g/mol. The van der Waals surface area contributed by atoms with Gasteiger partial charge in [0.1, 0.15) is 5.82 Å². The predicted octanol–water partition coefficient (Wildman–Crippen LogP) is 2.19. The van der Waals surface area contributed by atoms with Crippen molar-refractivity contribution in [2.45, 2.75) is 31.2 Å². The third kappa shape index (κ3) is 3.68. The number of urea groups is 1. The van der Waals surface area contributed by atoms with Crippen molar-refractivity contribution in [3.63, 3.8) is 0 Å². The van der Waals surface area contributed by atoms with Crippen molar-refractivity contribution in [1.82, 2.24) is 15.1 Å². The van der Waals surface area contributed by atoms with Crippen LogP contribution >= 0.6 is 0 Å². The van der Waals surface area contributed by atoms with Gasteiger partial charge in [-0.3, -0.25) is 4.79 Å². The lowest BCUT2D eigenvalue weighted by atomic mass is 9.96. The lowest BCUT2D eigenvalue weighted by Gasteiger charge is -2.32. The summed E-state index contributed by atoms with van der Waals surface area (Å²) in [6.45, 7) is 1.23. The van der Waals surface area contributed by atoms with Crippen molar-refractivity contribution in [1.29, 1.82) is 0 Å². The van der Waals surface area contributed by atoms with Crippen molar-refractivity contribution in [3.05, 3.63) is 35.6 Å². The normalized spacial score (nSPS) is 23.7. The van der Waals surface area contributed by atoms with Gasteiger partial charge in [0, 0.05) is 45.1 Å². The standard InChI is InChI=1S/C18H24FN3O2/c1-21(2)17(23)13-7-9-22(10-8-13)18(24)20-16-11-15(16)12-3-5-14(19)6-4-12/h3-6,13,15-16H,7-11H2,1-2H3,(H,20,24)/t15-,16-/m1/s1. The summed E-state index contributed by atoms with van der Waals surface area (Å²) in [6.07, 6.45) is 2.33. The third-order valence-corrected chi connectivity index (χ3v) is 4.97. The van der Waals surface area contributed by atoms with E-state index < -0.39 is 0 Å². The van der Waals surface area contributed by atoms with E-state index in [1.807, 2.05) is 0 Å². The van der Waals surface area contributed by atoms with Gasteiger partial charge in [0.2, 0.25) is 5.91 Å². The minimum absolute atomic E-state index is 0.0249. The summed E-state index contributed by atoms with van der Waals surface area (Å²) in [7, 11) is 3.54. The summed E-state index contributed by atoms with van der Waals surface area (Å²) in [4.78, 5) is 27.7. The first kappa shape index (κ1) is 16.7. The molecule has 1 aliphatic carbocycles. The van der Waals surface area contributed by atoms with Gasteiger partial charge in [-0.25, -0.2) is 9.18 Å². The molecule has 2 aliphatic rings. The van der Waals surface area contributed by atoms with Crippen LogP contribution in [0.5, 0.6) is 0 Å². The highest BCUT2D eigenvalue weighted by Crippen LogP contribution is 2.40. The van der Waals surface area contributed by atoms with E-state index in [1.54, 1.807) is 36.0 Å². The van der Waals surface area contributed by atoms with Crippen molar-refractivity contribution in [2.75, 3.05) is 27.2 Å². The number of nitrogens with zero attached hydrogens (tertiary/aromatic N) is 2. The van der Waals surface area contributed by atoms with Gasteiger partial charge in [0.25, 0.3) is 0 Å². The van der Waals surface area contributed by atoms with Gasteiger partial charge in [-0.05, 0) is 37.0 Å². The predicted molar refractivity (Wildman–Crippen MR) is 89.1 cm³/mol. The van der Waals surface area contributed by atoms with Crippen LogP contribution in [0, 0.1) is 11.7 Å². The number of benzene rings is 1. The van der Waals surface area contributed by atoms with Crippen molar-refractivity contribution in [2.24, 2.45) is 5.92 Å². The zero-order chi connectivity index (χ0) is 17.3. The van der Waals surface area contributed by atoms with E-state index in [4.69, 9.17) is 0 Å². The fourth-order valence-corrected chi connectivity index (χ4v) is 3.38. The highest BCUT2D eigenvalue weighted by atomic mass is 19.1. The molecule has 1 saturated heterocycles. The van der Waals surface area contributed by atoms with Crippen LogP contribution in [0.3, 0.4) is 0 Å². The molecule has 0 aromatic heterocycles. The SMILES string of the molecule is CN(C)C(=O)C1CCN(C(=O)N[C@@H]2C[C@@H]2c2ccc(F)cc2)CC1. The first-order chi connectivity index (χ1) is 11.5. The minimum atomic E-state index is -0.241. The molecule has 1 heterocycles. The molecule has 0 bridgehead atoms. The Hall–Kier alpha value is -2.11. The summed E-state index contributed by atoms with van der Waals surface area (Å²) >= 11 is 0. The molecule has 5 nitrogen and oxygen atoms in total. The Morgan fingerprint density at radius 2 is 1.79 bits per heavy atom. The number of rotatable bonds is 3. The van der Waals surface area contributed by atoms with E-state index in [0.717, 1.165) is 24.8 Å². The maximum absolute atomic E-state index is 13.0. The number of amides is 3. The number of hydrogen-bond donors (Lipinski definition) is 1. The van der Waals surface area contributed by atoms with Crippen molar-refractivity contribution >= 4 is 11.9 Å². The van der Waals surface area contributed by atoms with E-state index in [0.29, 0.717) is 13.1 Å². The number of nitrogens with one attached hydrogen (secondary N) is 1. The maximum Gasteiger partial charge on any atom is 0.317 e. The van der Waals surface area contributed by atoms with Crippen molar-refractivity contribution < 1.29 is 14.0 Å². The summed E-state index contributed by atoms with van der Waals surface area (Å²) in [6, 6.07) is 6.55. The number of piperidine rings is 1. The molecule has 0 unspecified atom stereocenters. The number of halogens is 1. The van der Waals surface area contributed by atoms with Gasteiger partial charge in [0.05, 0.1) is 0 Å². The highest BCUT2D eigenvalue weighted by molar-refractivity contribution is 5.79. The average molecular weight is 333 g/mol. The van der Waals surface area contributed by atoms with Gasteiger partial charge in [-0.15, -0.1) is 0 Å². The summed E-state index contributed by atoms with van der Waals surface area (Å²) in [5.41, 5.74) is 1.07. The second-order valence-corrected chi connectivity index (χ2v) is 6.94. The van der Waals surface area contributed by atoms with Crippen LogP contribution in [-0.4, -0.2) is 55.0 Å². The third-order valence-electron chi connectivity index (χ3n) is 4.97. The van der Waals surface area contributed by atoms with Gasteiger partial charge in [0.15, 0.2) is 0 Å². The second-order valence-electron chi connectivity index (χ2n) is 6.94. The lowest BCUT2D eigenvalue weighted by molar-refractivity contribution is -0.134. The number of carbonyl (C=O) groups excluding carboxylic acids is 2. The fourth-order valence-electron chi connectivity index (χ4n) is 3.38. The molecule has 3 rings (SSSR count). The van der Waals surface area contributed by atoms with Gasteiger partial charge in [-0.2, -0.15) is 0 Å². The van der Waals surface area contributed by atoms with Crippen LogP contribution in [0.15, 0.2) is 24.3 Å². The van der Waals surface area contributed by atoms with Gasteiger partial charge < -0.3 is 15.1 Å². The van der Waals surface area contributed by atoms with Crippen LogP contribution in [-0.2, 0) is 4.79 Å². The molecule has 1 aromatic rings. The number of hydrogen-bond acceptors (Lipinski definition) is 2. The molecule has 3 amide bonds. The molecule has 1 N–H and O–H groups in total. The summed E-state index contributed by atoms with van der Waals surface area (Å²) in [5, 5.41) is 3.05. The molecule has 24 heavy (non-hydrogen) atoms. The summed E-state index contributed by atoms with van der Waals surface area (Å²) < 4.78 is 13.0. The minimum Gasteiger partial charge on any atom is -0.349 e. The van der Waals surface area contributed by atoms with Gasteiger partial charge in [-0.1, -0.05) is 12.1 Å². The molecule has 0 radical (unpaired) electrons. The zero-order valence-electron chi connectivity index (χ0n) is 14.2. The molecule has 1 aromatic carbocycles. The van der Waals surface area contributed by atoms with Crippen LogP contribution < -0.4 is 5.32 Å². The first-order valence-corrected chi connectivity index (χ1v) is 8.48. The van der Waals surface area contributed by atoms with E-state index >= 15 is 0 Å². The number of likely N-dealkylation sites (tertiary alicyclic amines) is 1. The van der Waals surface area contributed by atoms with Crippen LogP contribution in [0.2, 0.25) is 0 Å². The van der Waals surface area contributed by atoms with Crippen LogP contribution in [0.25, 0.3) is 0 Å². The molecule has 2 atom stereocenters. The molecule has 6 heteroatoms. The van der Waals surface area contributed by atoms with Gasteiger partial charge >= 0.3 is 6.03 Å². The second kappa shape index (κ2) is 6.79. The highest BCUT2D eigenvalue weighted by Gasteiger charge is 2.40. The molecule has 2 fully saturated rings. The molecule has 1 aliphatic heterocycles. The van der Waals surface area contributed by atoms with E-state index in [-0.39, 0.29) is 35.6 Å². The van der Waals surface area contributed by atoms with Crippen molar-refractivity contribution in [3.8, 4) is 0 Å². The molecule has 0 spiro atoms.